The molecule has 0 saturated heterocycles. The minimum Gasteiger partial charge on any atom is -0.369 e. The summed E-state index contributed by atoms with van der Waals surface area (Å²) in [5.41, 5.74) is 1.05. The number of carbonyl (C=O) groups is 1. The maximum atomic E-state index is 12.1. The largest absolute Gasteiger partial charge is 0.369 e. The Balaban J connectivity index is 2.91. The summed E-state index contributed by atoms with van der Waals surface area (Å²) in [5, 5.41) is 2.90. The minimum absolute atomic E-state index is 0.122. The van der Waals surface area contributed by atoms with Crippen molar-refractivity contribution in [1.29, 1.82) is 0 Å². The van der Waals surface area contributed by atoms with Crippen LogP contribution in [0.5, 0.6) is 0 Å². The smallest absolute Gasteiger partial charge is 0.256 e. The first kappa shape index (κ1) is 14.2. The second-order valence-corrected chi connectivity index (χ2v) is 5.12. The van der Waals surface area contributed by atoms with E-state index in [1.807, 2.05) is 32.0 Å². The zero-order valence-electron chi connectivity index (χ0n) is 10.6. The van der Waals surface area contributed by atoms with E-state index in [4.69, 9.17) is 4.74 Å². The fourth-order valence-electron chi connectivity index (χ4n) is 1.38. The van der Waals surface area contributed by atoms with Gasteiger partial charge in [-0.05, 0) is 38.0 Å². The highest BCUT2D eigenvalue weighted by atomic mass is 79.9. The Morgan fingerprint density at radius 1 is 1.53 bits per heavy atom. The van der Waals surface area contributed by atoms with Crippen LogP contribution >= 0.6 is 15.9 Å². The number of benzene rings is 1. The van der Waals surface area contributed by atoms with Crippen LogP contribution in [0.15, 0.2) is 22.7 Å². The number of carbonyl (C=O) groups excluding carboxylic acids is 1. The van der Waals surface area contributed by atoms with Crippen molar-refractivity contribution in [2.75, 3.05) is 12.4 Å². The number of ether oxygens (including phenoxy) is 1. The monoisotopic (exact) mass is 299 g/mol. The van der Waals surface area contributed by atoms with Gasteiger partial charge in [-0.25, -0.2) is 0 Å². The molecule has 0 aliphatic carbocycles. The summed E-state index contributed by atoms with van der Waals surface area (Å²) in [4.78, 5) is 12.1. The number of hydrogen-bond donors (Lipinski definition) is 1. The van der Waals surface area contributed by atoms with Gasteiger partial charge in [0.15, 0.2) is 0 Å². The van der Waals surface area contributed by atoms with E-state index < -0.39 is 5.60 Å². The van der Waals surface area contributed by atoms with Crippen molar-refractivity contribution < 1.29 is 9.53 Å². The van der Waals surface area contributed by atoms with Crippen LogP contribution in [0.2, 0.25) is 0 Å². The molecule has 0 spiro atoms. The van der Waals surface area contributed by atoms with Crippen LogP contribution in [0.4, 0.5) is 5.69 Å². The molecule has 4 heteroatoms. The number of methoxy groups -OCH3 is 1. The molecule has 1 N–H and O–H groups in total. The van der Waals surface area contributed by atoms with Crippen LogP contribution < -0.4 is 5.32 Å². The molecule has 0 aromatic heterocycles. The van der Waals surface area contributed by atoms with Crippen LogP contribution in [0.3, 0.4) is 0 Å². The van der Waals surface area contributed by atoms with Gasteiger partial charge < -0.3 is 10.1 Å². The first-order valence-electron chi connectivity index (χ1n) is 5.55. The molecule has 0 radical (unpaired) electrons. The number of aryl methyl sites for hydroxylation is 1. The Bertz CT molecular complexity index is 414. The van der Waals surface area contributed by atoms with Crippen molar-refractivity contribution in [2.45, 2.75) is 32.8 Å². The van der Waals surface area contributed by atoms with Gasteiger partial charge in [0.25, 0.3) is 5.91 Å². The molecular formula is C13H18BrNO2. The number of rotatable bonds is 4. The number of hydrogen-bond acceptors (Lipinski definition) is 2. The first-order chi connectivity index (χ1) is 7.92. The molecule has 0 heterocycles. The zero-order valence-corrected chi connectivity index (χ0v) is 12.2. The van der Waals surface area contributed by atoms with Gasteiger partial charge in [0.1, 0.15) is 5.60 Å². The molecule has 1 atom stereocenters. The van der Waals surface area contributed by atoms with Crippen molar-refractivity contribution in [3.8, 4) is 0 Å². The SMILES string of the molecule is CCC(C)(OC)C(=O)Nc1cc(Br)ccc1C. The topological polar surface area (TPSA) is 38.3 Å². The number of halogens is 1. The Kier molecular flexibility index (Phi) is 4.71. The van der Waals surface area contributed by atoms with Crippen molar-refractivity contribution in [2.24, 2.45) is 0 Å². The van der Waals surface area contributed by atoms with Crippen molar-refractivity contribution in [3.05, 3.63) is 28.2 Å². The molecule has 1 aromatic carbocycles. The third kappa shape index (κ3) is 3.30. The van der Waals surface area contributed by atoms with Gasteiger partial charge in [-0.15, -0.1) is 0 Å². The molecule has 0 aliphatic rings. The van der Waals surface area contributed by atoms with E-state index in [9.17, 15) is 4.79 Å². The molecule has 1 amide bonds. The summed E-state index contributed by atoms with van der Waals surface area (Å²) < 4.78 is 6.21. The lowest BCUT2D eigenvalue weighted by Crippen LogP contribution is -2.41. The fourth-order valence-corrected chi connectivity index (χ4v) is 1.74. The summed E-state index contributed by atoms with van der Waals surface area (Å²) in [6.07, 6.45) is 0.627. The van der Waals surface area contributed by atoms with E-state index in [-0.39, 0.29) is 5.91 Å². The minimum atomic E-state index is -0.783. The van der Waals surface area contributed by atoms with Gasteiger partial charge in [0.2, 0.25) is 0 Å². The highest BCUT2D eigenvalue weighted by Crippen LogP contribution is 2.23. The van der Waals surface area contributed by atoms with Crippen molar-refractivity contribution in [1.82, 2.24) is 0 Å². The average molecular weight is 300 g/mol. The Morgan fingerprint density at radius 2 is 2.18 bits per heavy atom. The van der Waals surface area contributed by atoms with Crippen LogP contribution in [0.25, 0.3) is 0 Å². The predicted molar refractivity (Wildman–Crippen MR) is 73.2 cm³/mol. The van der Waals surface area contributed by atoms with Gasteiger partial charge in [-0.1, -0.05) is 28.9 Å². The molecule has 0 aliphatic heterocycles. The lowest BCUT2D eigenvalue weighted by atomic mass is 10.0. The van der Waals surface area contributed by atoms with Gasteiger partial charge in [0, 0.05) is 17.3 Å². The maximum Gasteiger partial charge on any atom is 0.256 e. The lowest BCUT2D eigenvalue weighted by molar-refractivity contribution is -0.136. The molecule has 1 unspecified atom stereocenters. The first-order valence-corrected chi connectivity index (χ1v) is 6.35. The average Bonchev–Trinajstić information content (AvgIpc) is 2.32. The number of nitrogens with one attached hydrogen (secondary N) is 1. The van der Waals surface area contributed by atoms with Gasteiger partial charge in [-0.2, -0.15) is 0 Å². The summed E-state index contributed by atoms with van der Waals surface area (Å²) in [5.74, 6) is -0.122. The second kappa shape index (κ2) is 5.65. The molecule has 0 bridgehead atoms. The van der Waals surface area contributed by atoms with Crippen LogP contribution in [-0.4, -0.2) is 18.6 Å². The van der Waals surface area contributed by atoms with E-state index >= 15 is 0 Å². The third-order valence-electron chi connectivity index (χ3n) is 3.05. The Hall–Kier alpha value is -0.870. The highest BCUT2D eigenvalue weighted by Gasteiger charge is 2.31. The normalized spacial score (nSPS) is 14.2. The fraction of sp³-hybridized carbons (Fsp3) is 0.462. The van der Waals surface area contributed by atoms with E-state index in [0.717, 1.165) is 15.7 Å². The summed E-state index contributed by atoms with van der Waals surface area (Å²) in [6, 6.07) is 5.79. The standard InChI is InChI=1S/C13H18BrNO2/c1-5-13(3,17-4)12(16)15-11-8-10(14)7-6-9(11)2/h6-8H,5H2,1-4H3,(H,15,16). The second-order valence-electron chi connectivity index (χ2n) is 4.20. The lowest BCUT2D eigenvalue weighted by Gasteiger charge is -2.25. The van der Waals surface area contributed by atoms with E-state index in [1.54, 1.807) is 14.0 Å². The van der Waals surface area contributed by atoms with E-state index in [2.05, 4.69) is 21.2 Å². The molecule has 17 heavy (non-hydrogen) atoms. The molecule has 1 aromatic rings. The molecule has 0 saturated carbocycles. The summed E-state index contributed by atoms with van der Waals surface area (Å²) >= 11 is 3.39. The molecule has 3 nitrogen and oxygen atoms in total. The van der Waals surface area contributed by atoms with Crippen molar-refractivity contribution >= 4 is 27.5 Å². The van der Waals surface area contributed by atoms with Gasteiger partial charge >= 0.3 is 0 Å². The third-order valence-corrected chi connectivity index (χ3v) is 3.55. The zero-order chi connectivity index (χ0) is 13.1. The van der Waals surface area contributed by atoms with Crippen LogP contribution in [-0.2, 0) is 9.53 Å². The maximum absolute atomic E-state index is 12.1. The van der Waals surface area contributed by atoms with E-state index in [1.165, 1.54) is 0 Å². The quantitative estimate of drug-likeness (QED) is 0.924. The highest BCUT2D eigenvalue weighted by molar-refractivity contribution is 9.10. The number of amides is 1. The molecule has 0 fully saturated rings. The molecule has 94 valence electrons. The van der Waals surface area contributed by atoms with Gasteiger partial charge in [0.05, 0.1) is 0 Å². The Labute approximate surface area is 111 Å². The van der Waals surface area contributed by atoms with E-state index in [0.29, 0.717) is 6.42 Å². The summed E-state index contributed by atoms with van der Waals surface area (Å²) in [7, 11) is 1.55. The van der Waals surface area contributed by atoms with Crippen LogP contribution in [0.1, 0.15) is 25.8 Å². The molecular weight excluding hydrogens is 282 g/mol. The predicted octanol–water partition coefficient (Wildman–Crippen LogP) is 3.51. The van der Waals surface area contributed by atoms with Crippen LogP contribution in [0, 0.1) is 6.92 Å². The molecule has 1 rings (SSSR count). The number of anilines is 1. The summed E-state index contributed by atoms with van der Waals surface area (Å²) in [6.45, 7) is 5.67. The van der Waals surface area contributed by atoms with Crippen molar-refractivity contribution in [3.63, 3.8) is 0 Å². The van der Waals surface area contributed by atoms with Gasteiger partial charge in [-0.3, -0.25) is 4.79 Å². The Morgan fingerprint density at radius 3 is 2.71 bits per heavy atom.